The van der Waals surface area contributed by atoms with Gasteiger partial charge in [0.2, 0.25) is 5.50 Å². The van der Waals surface area contributed by atoms with E-state index in [1.165, 1.54) is 25.7 Å². The molecule has 0 N–H and O–H groups in total. The topological polar surface area (TPSA) is 74.3 Å². The van der Waals surface area contributed by atoms with E-state index in [2.05, 4.69) is 6.92 Å². The van der Waals surface area contributed by atoms with Crippen molar-refractivity contribution in [3.05, 3.63) is 0 Å². The van der Waals surface area contributed by atoms with Crippen molar-refractivity contribution in [3.63, 3.8) is 0 Å². The molecule has 0 aliphatic rings. The summed E-state index contributed by atoms with van der Waals surface area (Å²) in [6.45, 7) is 2.16. The van der Waals surface area contributed by atoms with Gasteiger partial charge in [-0.2, -0.15) is 0 Å². The minimum atomic E-state index is -5.13. The molecule has 0 aromatic heterocycles. The van der Waals surface area contributed by atoms with Crippen molar-refractivity contribution in [1.82, 2.24) is 0 Å². The zero-order valence-electron chi connectivity index (χ0n) is 11.6. The van der Waals surface area contributed by atoms with Crippen molar-refractivity contribution in [3.8, 4) is 0 Å². The van der Waals surface area contributed by atoms with E-state index in [0.29, 0.717) is 6.42 Å². The van der Waals surface area contributed by atoms with E-state index in [-0.39, 0.29) is 6.42 Å². The number of ketones is 1. The SMILES string of the molecule is CCCCCCCCCCCC(=O)C(F)S(=O)(=O)[O-]. The summed E-state index contributed by atoms with van der Waals surface area (Å²) in [6, 6.07) is 0. The van der Waals surface area contributed by atoms with Crippen molar-refractivity contribution in [2.24, 2.45) is 0 Å². The standard InChI is InChI=1S/C13H25FO4S/c1-2-3-4-5-6-7-8-9-10-11-12(15)13(14)19(16,17)18/h13H,2-11H2,1H3,(H,16,17,18)/p-1. The van der Waals surface area contributed by atoms with Gasteiger partial charge >= 0.3 is 0 Å². The monoisotopic (exact) mass is 295 g/mol. The van der Waals surface area contributed by atoms with Gasteiger partial charge in [-0.1, -0.05) is 58.3 Å². The zero-order valence-corrected chi connectivity index (χ0v) is 12.4. The molecule has 1 atom stereocenters. The molecule has 19 heavy (non-hydrogen) atoms. The van der Waals surface area contributed by atoms with Gasteiger partial charge < -0.3 is 4.55 Å². The van der Waals surface area contributed by atoms with Crippen LogP contribution in [0.15, 0.2) is 0 Å². The van der Waals surface area contributed by atoms with Gasteiger partial charge in [0.15, 0.2) is 5.78 Å². The first-order valence-electron chi connectivity index (χ1n) is 7.01. The van der Waals surface area contributed by atoms with Crippen molar-refractivity contribution >= 4 is 15.9 Å². The van der Waals surface area contributed by atoms with Crippen LogP contribution < -0.4 is 0 Å². The number of hydrogen-bond donors (Lipinski definition) is 0. The highest BCUT2D eigenvalue weighted by molar-refractivity contribution is 7.87. The first kappa shape index (κ1) is 18.5. The van der Waals surface area contributed by atoms with E-state index < -0.39 is 21.4 Å². The molecule has 1 unspecified atom stereocenters. The molecule has 0 rings (SSSR count). The zero-order chi connectivity index (χ0) is 14.7. The van der Waals surface area contributed by atoms with Gasteiger partial charge in [0.25, 0.3) is 0 Å². The quantitative estimate of drug-likeness (QED) is 0.409. The lowest BCUT2D eigenvalue weighted by Crippen LogP contribution is -2.25. The van der Waals surface area contributed by atoms with Crippen LogP contribution in [-0.2, 0) is 14.9 Å². The minimum Gasteiger partial charge on any atom is -0.745 e. The Morgan fingerprint density at radius 3 is 1.84 bits per heavy atom. The number of alkyl halides is 1. The van der Waals surface area contributed by atoms with Gasteiger partial charge in [0, 0.05) is 6.42 Å². The van der Waals surface area contributed by atoms with Crippen molar-refractivity contribution in [2.75, 3.05) is 0 Å². The van der Waals surface area contributed by atoms with Gasteiger partial charge in [-0.15, -0.1) is 0 Å². The first-order chi connectivity index (χ1) is 8.89. The maximum atomic E-state index is 12.8. The summed E-state index contributed by atoms with van der Waals surface area (Å²) in [7, 11) is -5.13. The lowest BCUT2D eigenvalue weighted by atomic mass is 10.1. The van der Waals surface area contributed by atoms with Crippen LogP contribution in [0.5, 0.6) is 0 Å². The molecule has 0 spiro atoms. The summed E-state index contributed by atoms with van der Waals surface area (Å²) < 4.78 is 43.6. The molecular weight excluding hydrogens is 271 g/mol. The second-order valence-electron chi connectivity index (χ2n) is 4.85. The summed E-state index contributed by atoms with van der Waals surface area (Å²) in [5.41, 5.74) is -2.89. The highest BCUT2D eigenvalue weighted by Gasteiger charge is 2.23. The lowest BCUT2D eigenvalue weighted by molar-refractivity contribution is -0.121. The number of Topliss-reactive ketones (excluding diaryl/α,β-unsaturated/α-hetero) is 1. The molecule has 0 aromatic rings. The summed E-state index contributed by atoms with van der Waals surface area (Å²) >= 11 is 0. The summed E-state index contributed by atoms with van der Waals surface area (Å²) in [5.74, 6) is -1.11. The van der Waals surface area contributed by atoms with Gasteiger partial charge in [0.05, 0.1) is 0 Å². The van der Waals surface area contributed by atoms with Gasteiger partial charge in [-0.05, 0) is 6.42 Å². The van der Waals surface area contributed by atoms with Crippen LogP contribution in [0, 0.1) is 0 Å². The van der Waals surface area contributed by atoms with E-state index in [1.807, 2.05) is 0 Å². The third kappa shape index (κ3) is 10.0. The Hall–Kier alpha value is -0.490. The number of carbonyl (C=O) groups is 1. The Morgan fingerprint density at radius 2 is 1.42 bits per heavy atom. The maximum Gasteiger partial charge on any atom is 0.246 e. The fraction of sp³-hybridized carbons (Fsp3) is 0.923. The molecule has 4 nitrogen and oxygen atoms in total. The smallest absolute Gasteiger partial charge is 0.246 e. The number of rotatable bonds is 12. The minimum absolute atomic E-state index is 0.168. The van der Waals surface area contributed by atoms with E-state index in [1.54, 1.807) is 0 Å². The van der Waals surface area contributed by atoms with E-state index in [0.717, 1.165) is 25.7 Å². The highest BCUT2D eigenvalue weighted by atomic mass is 32.2. The second-order valence-corrected chi connectivity index (χ2v) is 6.25. The third-order valence-corrected chi connectivity index (χ3v) is 3.80. The Morgan fingerprint density at radius 1 is 1.00 bits per heavy atom. The van der Waals surface area contributed by atoms with Crippen LogP contribution in [0.4, 0.5) is 4.39 Å². The van der Waals surface area contributed by atoms with Crippen LogP contribution in [0.1, 0.15) is 71.1 Å². The summed E-state index contributed by atoms with van der Waals surface area (Å²) in [4.78, 5) is 11.0. The number of halogens is 1. The largest absolute Gasteiger partial charge is 0.745 e. The predicted molar refractivity (Wildman–Crippen MR) is 71.4 cm³/mol. The maximum absolute atomic E-state index is 12.8. The van der Waals surface area contributed by atoms with Crippen LogP contribution in [0.25, 0.3) is 0 Å². The van der Waals surface area contributed by atoms with Gasteiger partial charge in [-0.3, -0.25) is 4.79 Å². The van der Waals surface area contributed by atoms with Crippen molar-refractivity contribution < 1.29 is 22.2 Å². The number of hydrogen-bond acceptors (Lipinski definition) is 4. The molecule has 0 aliphatic carbocycles. The fourth-order valence-electron chi connectivity index (χ4n) is 1.88. The molecule has 0 saturated heterocycles. The Balaban J connectivity index is 3.47. The molecule has 0 saturated carbocycles. The average Bonchev–Trinajstić information content (AvgIpc) is 2.34. The van der Waals surface area contributed by atoms with Crippen LogP contribution >= 0.6 is 0 Å². The van der Waals surface area contributed by atoms with Crippen molar-refractivity contribution in [1.29, 1.82) is 0 Å². The number of unbranched alkanes of at least 4 members (excludes halogenated alkanes) is 8. The molecule has 0 bridgehead atoms. The van der Waals surface area contributed by atoms with Gasteiger partial charge in [-0.25, -0.2) is 12.8 Å². The first-order valence-corrected chi connectivity index (χ1v) is 8.48. The normalized spacial score (nSPS) is 13.4. The Bertz CT molecular complexity index is 341. The molecule has 0 amide bonds. The van der Waals surface area contributed by atoms with Crippen LogP contribution in [0.3, 0.4) is 0 Å². The molecule has 0 radical (unpaired) electrons. The Kier molecular flexibility index (Phi) is 10.0. The van der Waals surface area contributed by atoms with Crippen molar-refractivity contribution in [2.45, 2.75) is 76.6 Å². The average molecular weight is 295 g/mol. The van der Waals surface area contributed by atoms with Crippen LogP contribution in [-0.4, -0.2) is 24.3 Å². The lowest BCUT2D eigenvalue weighted by Gasteiger charge is -2.11. The van der Waals surface area contributed by atoms with E-state index in [9.17, 15) is 22.2 Å². The number of carbonyl (C=O) groups excluding carboxylic acids is 1. The molecule has 0 aliphatic heterocycles. The third-order valence-electron chi connectivity index (χ3n) is 3.03. The molecule has 0 aromatic carbocycles. The fourth-order valence-corrected chi connectivity index (χ4v) is 2.32. The molecule has 0 fully saturated rings. The molecular formula is C13H24FO4S-. The van der Waals surface area contributed by atoms with Gasteiger partial charge in [0.1, 0.15) is 10.1 Å². The van der Waals surface area contributed by atoms with E-state index in [4.69, 9.17) is 0 Å². The van der Waals surface area contributed by atoms with E-state index >= 15 is 0 Å². The second kappa shape index (κ2) is 10.3. The summed E-state index contributed by atoms with van der Waals surface area (Å²) in [6.07, 6.45) is 9.19. The molecule has 114 valence electrons. The molecule has 6 heteroatoms. The Labute approximate surface area is 115 Å². The molecule has 0 heterocycles. The summed E-state index contributed by atoms with van der Waals surface area (Å²) in [5, 5.41) is 0. The predicted octanol–water partition coefficient (Wildman–Crippen LogP) is 3.32. The highest BCUT2D eigenvalue weighted by Crippen LogP contribution is 2.12. The van der Waals surface area contributed by atoms with Crippen LogP contribution in [0.2, 0.25) is 0 Å².